The second kappa shape index (κ2) is 3.75. The van der Waals surface area contributed by atoms with Crippen LogP contribution in [0, 0.1) is 17.2 Å². The van der Waals surface area contributed by atoms with Gasteiger partial charge in [0.1, 0.15) is 5.84 Å². The van der Waals surface area contributed by atoms with Crippen molar-refractivity contribution >= 4 is 15.9 Å². The van der Waals surface area contributed by atoms with Crippen molar-refractivity contribution in [3.63, 3.8) is 0 Å². The van der Waals surface area contributed by atoms with Gasteiger partial charge in [0.2, 0.25) is 10.0 Å². The number of nitrogens with one attached hydrogen (secondary N) is 2. The van der Waals surface area contributed by atoms with Crippen LogP contribution in [0.5, 0.6) is 0 Å². The Morgan fingerprint density at radius 1 is 1.40 bits per heavy atom. The van der Waals surface area contributed by atoms with Crippen molar-refractivity contribution < 1.29 is 8.42 Å². The summed E-state index contributed by atoms with van der Waals surface area (Å²) in [7, 11) is -3.24. The molecule has 0 heterocycles. The molecule has 0 spiro atoms. The first-order chi connectivity index (χ1) is 6.98. The lowest BCUT2D eigenvalue weighted by Crippen LogP contribution is -2.46. The van der Waals surface area contributed by atoms with E-state index in [1.165, 1.54) is 0 Å². The molecule has 4 N–H and O–H groups in total. The largest absolute Gasteiger partial charge is 0.386 e. The molecule has 5 nitrogen and oxygen atoms in total. The van der Waals surface area contributed by atoms with Crippen LogP contribution in [0.4, 0.5) is 0 Å². The monoisotopic (exact) mass is 231 g/mol. The van der Waals surface area contributed by atoms with Crippen molar-refractivity contribution in [2.75, 3.05) is 5.75 Å². The van der Waals surface area contributed by atoms with Gasteiger partial charge in [0, 0.05) is 0 Å². The van der Waals surface area contributed by atoms with Crippen LogP contribution < -0.4 is 10.5 Å². The van der Waals surface area contributed by atoms with Gasteiger partial charge in [-0.25, -0.2) is 13.1 Å². The minimum Gasteiger partial charge on any atom is -0.386 e. The van der Waals surface area contributed by atoms with Gasteiger partial charge in [0.15, 0.2) is 0 Å². The molecular formula is C9H17N3O2S. The minimum atomic E-state index is -3.24. The van der Waals surface area contributed by atoms with E-state index in [0.29, 0.717) is 5.92 Å². The summed E-state index contributed by atoms with van der Waals surface area (Å²) in [5.41, 5.74) is 5.39. The maximum atomic E-state index is 11.7. The standard InChI is InChI=1S/C9H17N3O2S/c10-9(11)8(7-3-4-7)12-15(13,14)5-6-1-2-6/h6-8,12H,1-5H2,(H3,10,11). The predicted octanol–water partition coefficient (Wildman–Crippen LogP) is 0.0304. The van der Waals surface area contributed by atoms with E-state index in [9.17, 15) is 8.42 Å². The third-order valence-corrected chi connectivity index (χ3v) is 4.41. The molecule has 1 atom stereocenters. The van der Waals surface area contributed by atoms with Gasteiger partial charge in [-0.15, -0.1) is 0 Å². The van der Waals surface area contributed by atoms with E-state index in [-0.39, 0.29) is 17.5 Å². The Kier molecular flexibility index (Phi) is 2.72. The summed E-state index contributed by atoms with van der Waals surface area (Å²) in [6.07, 6.45) is 3.95. The highest BCUT2D eigenvalue weighted by Crippen LogP contribution is 2.34. The molecule has 0 aromatic heterocycles. The van der Waals surface area contributed by atoms with E-state index in [2.05, 4.69) is 4.72 Å². The van der Waals surface area contributed by atoms with Crippen molar-refractivity contribution in [3.05, 3.63) is 0 Å². The van der Waals surface area contributed by atoms with Crippen molar-refractivity contribution in [1.82, 2.24) is 4.72 Å². The third kappa shape index (κ3) is 3.17. The van der Waals surface area contributed by atoms with Gasteiger partial charge < -0.3 is 5.73 Å². The van der Waals surface area contributed by atoms with Crippen LogP contribution in [-0.2, 0) is 10.0 Å². The van der Waals surface area contributed by atoms with Crippen molar-refractivity contribution in [2.24, 2.45) is 17.6 Å². The second-order valence-electron chi connectivity index (χ2n) is 4.61. The molecule has 0 aromatic carbocycles. The number of hydrogen-bond donors (Lipinski definition) is 3. The van der Waals surface area contributed by atoms with Gasteiger partial charge in [0.05, 0.1) is 11.8 Å². The fraction of sp³-hybridized carbons (Fsp3) is 0.889. The van der Waals surface area contributed by atoms with Gasteiger partial charge in [-0.2, -0.15) is 0 Å². The lowest BCUT2D eigenvalue weighted by Gasteiger charge is -2.16. The van der Waals surface area contributed by atoms with Crippen LogP contribution in [-0.4, -0.2) is 26.0 Å². The van der Waals surface area contributed by atoms with E-state index in [4.69, 9.17) is 11.1 Å². The fourth-order valence-corrected chi connectivity index (χ4v) is 3.44. The van der Waals surface area contributed by atoms with Crippen molar-refractivity contribution in [1.29, 1.82) is 5.41 Å². The highest BCUT2D eigenvalue weighted by atomic mass is 32.2. The topological polar surface area (TPSA) is 96.0 Å². The number of nitrogens with two attached hydrogens (primary N) is 1. The highest BCUT2D eigenvalue weighted by Gasteiger charge is 2.37. The van der Waals surface area contributed by atoms with Gasteiger partial charge in [-0.1, -0.05) is 0 Å². The number of hydrogen-bond acceptors (Lipinski definition) is 3. The maximum Gasteiger partial charge on any atom is 0.212 e. The third-order valence-electron chi connectivity index (χ3n) is 2.89. The molecule has 0 amide bonds. The Morgan fingerprint density at radius 2 is 2.00 bits per heavy atom. The molecule has 1 unspecified atom stereocenters. The van der Waals surface area contributed by atoms with Crippen LogP contribution in [0.3, 0.4) is 0 Å². The summed E-state index contributed by atoms with van der Waals surface area (Å²) in [6, 6.07) is -0.464. The Morgan fingerprint density at radius 3 is 2.40 bits per heavy atom. The van der Waals surface area contributed by atoms with Crippen LogP contribution in [0.15, 0.2) is 0 Å². The van der Waals surface area contributed by atoms with Crippen LogP contribution in [0.25, 0.3) is 0 Å². The summed E-state index contributed by atoms with van der Waals surface area (Å²) in [5.74, 6) is 0.714. The van der Waals surface area contributed by atoms with Gasteiger partial charge in [0.25, 0.3) is 0 Å². The first-order valence-electron chi connectivity index (χ1n) is 5.32. The average Bonchev–Trinajstić information content (AvgIpc) is 2.92. The molecule has 6 heteroatoms. The number of amidine groups is 1. The van der Waals surface area contributed by atoms with E-state index < -0.39 is 16.1 Å². The molecule has 2 aliphatic carbocycles. The highest BCUT2D eigenvalue weighted by molar-refractivity contribution is 7.89. The molecule has 2 fully saturated rings. The van der Waals surface area contributed by atoms with E-state index in [1.807, 2.05) is 0 Å². The van der Waals surface area contributed by atoms with Crippen LogP contribution >= 0.6 is 0 Å². The summed E-state index contributed by atoms with van der Waals surface area (Å²) in [5, 5.41) is 7.35. The zero-order chi connectivity index (χ0) is 11.1. The molecule has 15 heavy (non-hydrogen) atoms. The summed E-state index contributed by atoms with van der Waals surface area (Å²) in [6.45, 7) is 0. The molecule has 0 aromatic rings. The minimum absolute atomic E-state index is 0.0585. The van der Waals surface area contributed by atoms with Gasteiger partial charge >= 0.3 is 0 Å². The summed E-state index contributed by atoms with van der Waals surface area (Å²) < 4.78 is 25.9. The molecule has 0 bridgehead atoms. The van der Waals surface area contributed by atoms with Gasteiger partial charge in [-0.05, 0) is 37.5 Å². The summed E-state index contributed by atoms with van der Waals surface area (Å²) >= 11 is 0. The zero-order valence-corrected chi connectivity index (χ0v) is 9.39. The molecule has 0 aliphatic heterocycles. The van der Waals surface area contributed by atoms with Crippen LogP contribution in [0.1, 0.15) is 25.7 Å². The molecule has 2 aliphatic rings. The molecule has 2 saturated carbocycles. The Bertz CT molecular complexity index is 358. The first kappa shape index (κ1) is 10.9. The van der Waals surface area contributed by atoms with Crippen molar-refractivity contribution in [3.8, 4) is 0 Å². The second-order valence-corrected chi connectivity index (χ2v) is 6.41. The van der Waals surface area contributed by atoms with E-state index in [0.717, 1.165) is 25.7 Å². The lowest BCUT2D eigenvalue weighted by atomic mass is 10.2. The fourth-order valence-electron chi connectivity index (χ4n) is 1.68. The average molecular weight is 231 g/mol. The van der Waals surface area contributed by atoms with Crippen molar-refractivity contribution in [2.45, 2.75) is 31.7 Å². The maximum absolute atomic E-state index is 11.7. The predicted molar refractivity (Wildman–Crippen MR) is 58.1 cm³/mol. The van der Waals surface area contributed by atoms with E-state index in [1.54, 1.807) is 0 Å². The summed E-state index contributed by atoms with van der Waals surface area (Å²) in [4.78, 5) is 0. The smallest absolute Gasteiger partial charge is 0.212 e. The Hall–Kier alpha value is -0.620. The number of rotatable bonds is 6. The first-order valence-corrected chi connectivity index (χ1v) is 6.97. The number of sulfonamides is 1. The Balaban J connectivity index is 1.94. The zero-order valence-electron chi connectivity index (χ0n) is 8.57. The normalized spacial score (nSPS) is 23.7. The molecule has 2 rings (SSSR count). The Labute approximate surface area is 90.0 Å². The lowest BCUT2D eigenvalue weighted by molar-refractivity contribution is 0.559. The molecule has 0 saturated heterocycles. The SMILES string of the molecule is N=C(N)C(NS(=O)(=O)CC1CC1)C1CC1. The molecular weight excluding hydrogens is 214 g/mol. The van der Waals surface area contributed by atoms with E-state index >= 15 is 0 Å². The molecule has 86 valence electrons. The molecule has 0 radical (unpaired) electrons. The quantitative estimate of drug-likeness (QED) is 0.444. The van der Waals surface area contributed by atoms with Crippen LogP contribution in [0.2, 0.25) is 0 Å². The van der Waals surface area contributed by atoms with Gasteiger partial charge in [-0.3, -0.25) is 5.41 Å².